The molecule has 0 nitrogen and oxygen atoms in total. The van der Waals surface area contributed by atoms with Crippen LogP contribution in [0.2, 0.25) is 0 Å². The lowest BCUT2D eigenvalue weighted by atomic mass is 10.2. The zero-order valence-electron chi connectivity index (χ0n) is 10.3. The maximum absolute atomic E-state index is 12.6. The molecule has 0 fully saturated rings. The maximum atomic E-state index is 12.6. The van der Waals surface area contributed by atoms with E-state index in [4.69, 9.17) is 0 Å². The molecule has 0 atom stereocenters. The number of alkyl halides is 6. The Bertz CT molecular complexity index is 574. The molecule has 21 heavy (non-hydrogen) atoms. The second-order valence-corrected chi connectivity index (χ2v) is 7.14. The van der Waals surface area contributed by atoms with E-state index in [1.54, 1.807) is 0 Å². The molecule has 112 valence electrons. The molecule has 2 aromatic rings. The molecule has 0 aliphatic heterocycles. The summed E-state index contributed by atoms with van der Waals surface area (Å²) in [5, 5.41) is 0. The van der Waals surface area contributed by atoms with Crippen LogP contribution in [0.25, 0.3) is 0 Å². The van der Waals surface area contributed by atoms with Gasteiger partial charge in [0, 0.05) is 12.1 Å². The minimum atomic E-state index is -4.45. The zero-order valence-corrected chi connectivity index (χ0v) is 12.4. The van der Waals surface area contributed by atoms with Crippen molar-refractivity contribution in [2.24, 2.45) is 0 Å². The van der Waals surface area contributed by atoms with E-state index < -0.39 is 44.7 Å². The molecule has 0 saturated carbocycles. The molecule has 0 aliphatic rings. The standard InChI is InChI=1S/C14H8F6I/c15-13(16,17)9-3-1-5-11(7-9)21-12-6-2-4-10(8-12)14(18,19)20/h1-8H/q+1. The van der Waals surface area contributed by atoms with Gasteiger partial charge in [-0.1, -0.05) is 12.1 Å². The third kappa shape index (κ3) is 4.36. The van der Waals surface area contributed by atoms with Crippen molar-refractivity contribution in [1.82, 2.24) is 0 Å². The molecule has 0 heterocycles. The summed E-state index contributed by atoms with van der Waals surface area (Å²) in [6.07, 6.45) is -8.90. The fraction of sp³-hybridized carbons (Fsp3) is 0.143. The van der Waals surface area contributed by atoms with Gasteiger partial charge in [0.1, 0.15) is 0 Å². The van der Waals surface area contributed by atoms with Crippen LogP contribution in [0.15, 0.2) is 48.5 Å². The van der Waals surface area contributed by atoms with E-state index in [2.05, 4.69) is 0 Å². The first-order valence-corrected chi connectivity index (χ1v) is 7.81. The topological polar surface area (TPSA) is 0 Å². The smallest absolute Gasteiger partial charge is 0.166 e. The first kappa shape index (κ1) is 16.1. The van der Waals surface area contributed by atoms with E-state index in [0.29, 0.717) is 7.14 Å². The zero-order chi connectivity index (χ0) is 15.7. The summed E-state index contributed by atoms with van der Waals surface area (Å²) in [4.78, 5) is 0. The van der Waals surface area contributed by atoms with E-state index >= 15 is 0 Å². The minimum absolute atomic E-state index is 0.419. The van der Waals surface area contributed by atoms with Crippen molar-refractivity contribution in [2.75, 3.05) is 0 Å². The van der Waals surface area contributed by atoms with Crippen molar-refractivity contribution in [3.63, 3.8) is 0 Å². The van der Waals surface area contributed by atoms with Crippen molar-refractivity contribution in [3.8, 4) is 0 Å². The summed E-state index contributed by atoms with van der Waals surface area (Å²) in [6, 6.07) is 9.42. The first-order chi connectivity index (χ1) is 9.66. The van der Waals surface area contributed by atoms with Crippen LogP contribution in [0.5, 0.6) is 0 Å². The van der Waals surface area contributed by atoms with Crippen LogP contribution in [0.4, 0.5) is 26.3 Å². The molecule has 0 saturated heterocycles. The second-order valence-electron chi connectivity index (χ2n) is 4.11. The van der Waals surface area contributed by atoms with Crippen LogP contribution in [0.3, 0.4) is 0 Å². The van der Waals surface area contributed by atoms with Crippen LogP contribution < -0.4 is 21.2 Å². The molecule has 0 aromatic heterocycles. The van der Waals surface area contributed by atoms with Gasteiger partial charge in [-0.15, -0.1) is 0 Å². The summed E-state index contributed by atoms with van der Waals surface area (Å²) in [6.45, 7) is 0. The van der Waals surface area contributed by atoms with Crippen LogP contribution in [-0.2, 0) is 12.4 Å². The highest BCUT2D eigenvalue weighted by atomic mass is 127. The molecular weight excluding hydrogens is 409 g/mol. The Kier molecular flexibility index (Phi) is 4.50. The average molecular weight is 417 g/mol. The molecule has 0 bridgehead atoms. The Morgan fingerprint density at radius 2 is 1.00 bits per heavy atom. The SMILES string of the molecule is FC(F)(F)c1cccc([I+]c2cccc(C(F)(F)F)c2)c1. The third-order valence-corrected chi connectivity index (χ3v) is 5.11. The number of rotatable bonds is 2. The van der Waals surface area contributed by atoms with Gasteiger partial charge < -0.3 is 0 Å². The molecule has 7 heteroatoms. The van der Waals surface area contributed by atoms with Crippen LogP contribution in [0, 0.1) is 7.14 Å². The number of hydrogen-bond acceptors (Lipinski definition) is 0. The lowest BCUT2D eigenvalue weighted by molar-refractivity contribution is -0.597. The van der Waals surface area contributed by atoms with Gasteiger partial charge in [-0.2, -0.15) is 26.3 Å². The predicted octanol–water partition coefficient (Wildman–Crippen LogP) is 1.85. The number of benzene rings is 2. The van der Waals surface area contributed by atoms with E-state index in [9.17, 15) is 26.3 Å². The normalized spacial score (nSPS) is 12.5. The van der Waals surface area contributed by atoms with E-state index in [-0.39, 0.29) is 0 Å². The Labute approximate surface area is 127 Å². The molecule has 0 radical (unpaired) electrons. The van der Waals surface area contributed by atoms with E-state index in [0.717, 1.165) is 24.3 Å². The van der Waals surface area contributed by atoms with Crippen LogP contribution >= 0.6 is 0 Å². The molecule has 0 N–H and O–H groups in total. The fourth-order valence-corrected chi connectivity index (χ4v) is 4.05. The van der Waals surface area contributed by atoms with Gasteiger partial charge >= 0.3 is 33.6 Å². The van der Waals surface area contributed by atoms with Crippen molar-refractivity contribution >= 4 is 0 Å². The van der Waals surface area contributed by atoms with Gasteiger partial charge in [0.05, 0.1) is 11.1 Å². The Balaban J connectivity index is 2.27. The van der Waals surface area contributed by atoms with Crippen molar-refractivity contribution in [1.29, 1.82) is 0 Å². The maximum Gasteiger partial charge on any atom is 0.416 e. The van der Waals surface area contributed by atoms with Crippen molar-refractivity contribution in [3.05, 3.63) is 66.8 Å². The molecule has 0 unspecified atom stereocenters. The highest BCUT2D eigenvalue weighted by Crippen LogP contribution is 2.29. The lowest BCUT2D eigenvalue weighted by Crippen LogP contribution is -3.61. The van der Waals surface area contributed by atoms with Gasteiger partial charge in [-0.05, 0) is 24.3 Å². The summed E-state index contributed by atoms with van der Waals surface area (Å²) < 4.78 is 76.4. The van der Waals surface area contributed by atoms with E-state index in [1.165, 1.54) is 24.3 Å². The average Bonchev–Trinajstić information content (AvgIpc) is 2.37. The largest absolute Gasteiger partial charge is 0.416 e. The van der Waals surface area contributed by atoms with Gasteiger partial charge in [0.25, 0.3) is 0 Å². The summed E-state index contributed by atoms with van der Waals surface area (Å²) in [7, 11) is 0. The summed E-state index contributed by atoms with van der Waals surface area (Å²) in [5.41, 5.74) is -1.57. The van der Waals surface area contributed by atoms with Crippen LogP contribution in [0.1, 0.15) is 11.1 Å². The quantitative estimate of drug-likeness (QED) is 0.517. The number of hydrogen-bond donors (Lipinski definition) is 0. The Morgan fingerprint density at radius 1 is 0.619 bits per heavy atom. The molecule has 2 aromatic carbocycles. The molecule has 0 aliphatic carbocycles. The van der Waals surface area contributed by atoms with Gasteiger partial charge in [0.15, 0.2) is 7.14 Å². The summed E-state index contributed by atoms with van der Waals surface area (Å²) in [5.74, 6) is 0. The van der Waals surface area contributed by atoms with Crippen LogP contribution in [-0.4, -0.2) is 0 Å². The highest BCUT2D eigenvalue weighted by Gasteiger charge is 2.34. The molecule has 0 spiro atoms. The Hall–Kier alpha value is -1.25. The Morgan fingerprint density at radius 3 is 1.33 bits per heavy atom. The fourth-order valence-electron chi connectivity index (χ4n) is 1.57. The van der Waals surface area contributed by atoms with Gasteiger partial charge in [-0.3, -0.25) is 0 Å². The molecular formula is C14H8F6I+. The third-order valence-electron chi connectivity index (χ3n) is 2.52. The van der Waals surface area contributed by atoms with Crippen molar-refractivity contribution in [2.45, 2.75) is 12.4 Å². The predicted molar refractivity (Wildman–Crippen MR) is 60.3 cm³/mol. The first-order valence-electron chi connectivity index (χ1n) is 5.65. The molecule has 0 amide bonds. The number of halogens is 7. The monoisotopic (exact) mass is 417 g/mol. The minimum Gasteiger partial charge on any atom is -0.166 e. The highest BCUT2D eigenvalue weighted by molar-refractivity contribution is 5.19. The van der Waals surface area contributed by atoms with Crippen molar-refractivity contribution < 1.29 is 47.5 Å². The van der Waals surface area contributed by atoms with E-state index in [1.807, 2.05) is 0 Å². The lowest BCUT2D eigenvalue weighted by Gasteiger charge is -2.05. The molecule has 2 rings (SSSR count). The second kappa shape index (κ2) is 5.86. The van der Waals surface area contributed by atoms with Gasteiger partial charge in [-0.25, -0.2) is 0 Å². The summed E-state index contributed by atoms with van der Waals surface area (Å²) >= 11 is -1.10. The van der Waals surface area contributed by atoms with Gasteiger partial charge in [0.2, 0.25) is 0 Å².